The Morgan fingerprint density at radius 2 is 1.95 bits per heavy atom. The van der Waals surface area contributed by atoms with Gasteiger partial charge < -0.3 is 4.74 Å². The number of halogens is 1. The highest BCUT2D eigenvalue weighted by Gasteiger charge is 2.36. The molecule has 4 nitrogen and oxygen atoms in total. The zero-order valence-electron chi connectivity index (χ0n) is 13.0. The standard InChI is InChI=1S/C15H26ClN3O/c1-6-19(7-2)15(3,4)14(18-17)12-10-11(16)8-9-13(12)20-5/h8-10,14,18H,6-7,17H2,1-5H3. The van der Waals surface area contributed by atoms with Crippen molar-refractivity contribution in [1.29, 1.82) is 0 Å². The van der Waals surface area contributed by atoms with E-state index in [4.69, 9.17) is 22.2 Å². The minimum Gasteiger partial charge on any atom is -0.496 e. The van der Waals surface area contributed by atoms with Gasteiger partial charge in [0.25, 0.3) is 0 Å². The van der Waals surface area contributed by atoms with Crippen LogP contribution in [0.4, 0.5) is 0 Å². The van der Waals surface area contributed by atoms with E-state index in [0.717, 1.165) is 24.4 Å². The van der Waals surface area contributed by atoms with Crippen molar-refractivity contribution in [1.82, 2.24) is 10.3 Å². The van der Waals surface area contributed by atoms with Crippen LogP contribution < -0.4 is 16.0 Å². The Bertz CT molecular complexity index is 433. The third-order valence-electron chi connectivity index (χ3n) is 3.95. The van der Waals surface area contributed by atoms with Crippen LogP contribution in [0.15, 0.2) is 18.2 Å². The summed E-state index contributed by atoms with van der Waals surface area (Å²) in [6.45, 7) is 10.5. The van der Waals surface area contributed by atoms with E-state index in [0.29, 0.717) is 5.02 Å². The van der Waals surface area contributed by atoms with E-state index in [-0.39, 0.29) is 11.6 Å². The van der Waals surface area contributed by atoms with Crippen LogP contribution in [-0.4, -0.2) is 30.6 Å². The summed E-state index contributed by atoms with van der Waals surface area (Å²) in [5, 5.41) is 0.677. The molecule has 1 aromatic carbocycles. The normalized spacial score (nSPS) is 13.6. The molecule has 1 atom stereocenters. The highest BCUT2D eigenvalue weighted by molar-refractivity contribution is 6.30. The summed E-state index contributed by atoms with van der Waals surface area (Å²) in [7, 11) is 1.66. The summed E-state index contributed by atoms with van der Waals surface area (Å²) in [5.74, 6) is 6.63. The van der Waals surface area contributed by atoms with E-state index < -0.39 is 0 Å². The monoisotopic (exact) mass is 299 g/mol. The molecule has 0 spiro atoms. The molecule has 0 amide bonds. The van der Waals surface area contributed by atoms with Gasteiger partial charge in [0.2, 0.25) is 0 Å². The van der Waals surface area contributed by atoms with Crippen LogP contribution in [-0.2, 0) is 0 Å². The van der Waals surface area contributed by atoms with Gasteiger partial charge in [-0.05, 0) is 45.1 Å². The average molecular weight is 300 g/mol. The summed E-state index contributed by atoms with van der Waals surface area (Å²) in [5.41, 5.74) is 3.73. The number of ether oxygens (including phenoxy) is 1. The molecule has 20 heavy (non-hydrogen) atoms. The van der Waals surface area contributed by atoms with E-state index in [1.54, 1.807) is 7.11 Å². The molecule has 0 saturated heterocycles. The summed E-state index contributed by atoms with van der Waals surface area (Å²) in [6, 6.07) is 5.52. The van der Waals surface area contributed by atoms with Crippen molar-refractivity contribution >= 4 is 11.6 Å². The van der Waals surface area contributed by atoms with Gasteiger partial charge in [-0.25, -0.2) is 0 Å². The van der Waals surface area contributed by atoms with Crippen molar-refractivity contribution < 1.29 is 4.74 Å². The smallest absolute Gasteiger partial charge is 0.123 e. The summed E-state index contributed by atoms with van der Waals surface area (Å²) >= 11 is 6.13. The van der Waals surface area contributed by atoms with Crippen molar-refractivity contribution in [3.63, 3.8) is 0 Å². The quantitative estimate of drug-likeness (QED) is 0.600. The van der Waals surface area contributed by atoms with Gasteiger partial charge in [-0.3, -0.25) is 16.2 Å². The molecule has 1 unspecified atom stereocenters. The number of hydrazine groups is 1. The Labute approximate surface area is 127 Å². The van der Waals surface area contributed by atoms with Crippen LogP contribution in [0.3, 0.4) is 0 Å². The number of nitrogens with one attached hydrogen (secondary N) is 1. The lowest BCUT2D eigenvalue weighted by molar-refractivity contribution is 0.0901. The van der Waals surface area contributed by atoms with Gasteiger partial charge in [0.1, 0.15) is 5.75 Å². The Morgan fingerprint density at radius 1 is 1.35 bits per heavy atom. The molecule has 0 aliphatic carbocycles. The second-order valence-corrected chi connectivity index (χ2v) is 5.75. The zero-order chi connectivity index (χ0) is 15.3. The minimum atomic E-state index is -0.170. The van der Waals surface area contributed by atoms with Gasteiger partial charge in [0.05, 0.1) is 13.2 Å². The topological polar surface area (TPSA) is 50.5 Å². The second-order valence-electron chi connectivity index (χ2n) is 5.31. The van der Waals surface area contributed by atoms with Crippen molar-refractivity contribution in [3.8, 4) is 5.75 Å². The number of hydrogen-bond donors (Lipinski definition) is 2. The van der Waals surface area contributed by atoms with Gasteiger partial charge in [-0.1, -0.05) is 25.4 Å². The molecule has 0 radical (unpaired) electrons. The molecule has 5 heteroatoms. The lowest BCUT2D eigenvalue weighted by Crippen LogP contribution is -2.54. The first kappa shape index (κ1) is 17.2. The fraction of sp³-hybridized carbons (Fsp3) is 0.600. The molecule has 0 aromatic heterocycles. The summed E-state index contributed by atoms with van der Waals surface area (Å²) < 4.78 is 5.45. The number of methoxy groups -OCH3 is 1. The molecule has 0 aliphatic rings. The molecule has 1 rings (SSSR count). The third-order valence-corrected chi connectivity index (χ3v) is 4.19. The van der Waals surface area contributed by atoms with Crippen LogP contribution in [0, 0.1) is 0 Å². The van der Waals surface area contributed by atoms with Gasteiger partial charge >= 0.3 is 0 Å². The molecule has 3 N–H and O–H groups in total. The molecular formula is C15H26ClN3O. The van der Waals surface area contributed by atoms with Crippen molar-refractivity contribution in [3.05, 3.63) is 28.8 Å². The highest BCUT2D eigenvalue weighted by atomic mass is 35.5. The first-order valence-electron chi connectivity index (χ1n) is 6.96. The maximum Gasteiger partial charge on any atom is 0.123 e. The largest absolute Gasteiger partial charge is 0.496 e. The minimum absolute atomic E-state index is 0.0870. The van der Waals surface area contributed by atoms with E-state index >= 15 is 0 Å². The lowest BCUT2D eigenvalue weighted by atomic mass is 9.86. The predicted molar refractivity (Wildman–Crippen MR) is 85.1 cm³/mol. The maximum atomic E-state index is 6.13. The molecule has 1 aromatic rings. The maximum absolute atomic E-state index is 6.13. The molecule has 0 heterocycles. The molecule has 114 valence electrons. The number of hydrogen-bond acceptors (Lipinski definition) is 4. The van der Waals surface area contributed by atoms with Gasteiger partial charge in [0, 0.05) is 16.1 Å². The van der Waals surface area contributed by atoms with E-state index in [9.17, 15) is 0 Å². The van der Waals surface area contributed by atoms with Crippen LogP contribution in [0.5, 0.6) is 5.75 Å². The first-order valence-corrected chi connectivity index (χ1v) is 7.34. The fourth-order valence-electron chi connectivity index (χ4n) is 2.83. The van der Waals surface area contributed by atoms with Crippen molar-refractivity contribution in [2.75, 3.05) is 20.2 Å². The van der Waals surface area contributed by atoms with E-state index in [1.807, 2.05) is 18.2 Å². The van der Waals surface area contributed by atoms with Crippen LogP contribution in [0.2, 0.25) is 5.02 Å². The first-order chi connectivity index (χ1) is 9.42. The number of likely N-dealkylation sites (N-methyl/N-ethyl adjacent to an activating group) is 1. The Kier molecular flexibility index (Phi) is 6.27. The Morgan fingerprint density at radius 3 is 2.40 bits per heavy atom. The number of rotatable bonds is 7. The molecule has 0 bridgehead atoms. The molecule has 0 fully saturated rings. The van der Waals surface area contributed by atoms with Crippen LogP contribution >= 0.6 is 11.6 Å². The van der Waals surface area contributed by atoms with Crippen LogP contribution in [0.25, 0.3) is 0 Å². The Hall–Kier alpha value is -0.810. The zero-order valence-corrected chi connectivity index (χ0v) is 13.8. The second kappa shape index (κ2) is 7.27. The Balaban J connectivity index is 3.28. The third kappa shape index (κ3) is 3.44. The highest BCUT2D eigenvalue weighted by Crippen LogP contribution is 2.36. The molecule has 0 aliphatic heterocycles. The van der Waals surface area contributed by atoms with Gasteiger partial charge in [-0.2, -0.15) is 0 Å². The SMILES string of the molecule is CCN(CC)C(C)(C)C(NN)c1cc(Cl)ccc1OC. The lowest BCUT2D eigenvalue weighted by Gasteiger charge is -2.43. The van der Waals surface area contributed by atoms with E-state index in [1.165, 1.54) is 0 Å². The molecular weight excluding hydrogens is 274 g/mol. The average Bonchev–Trinajstić information content (AvgIpc) is 2.40. The predicted octanol–water partition coefficient (Wildman–Crippen LogP) is 2.97. The molecule has 0 saturated carbocycles. The fourth-order valence-corrected chi connectivity index (χ4v) is 3.01. The number of nitrogens with two attached hydrogens (primary N) is 1. The van der Waals surface area contributed by atoms with Crippen LogP contribution in [0.1, 0.15) is 39.3 Å². The summed E-state index contributed by atoms with van der Waals surface area (Å²) in [4.78, 5) is 2.36. The van der Waals surface area contributed by atoms with Gasteiger partial charge in [0.15, 0.2) is 0 Å². The van der Waals surface area contributed by atoms with Crippen molar-refractivity contribution in [2.45, 2.75) is 39.3 Å². The van der Waals surface area contributed by atoms with Gasteiger partial charge in [-0.15, -0.1) is 0 Å². The number of nitrogens with zero attached hydrogens (tertiary/aromatic N) is 1. The number of benzene rings is 1. The van der Waals surface area contributed by atoms with E-state index in [2.05, 4.69) is 38.0 Å². The van der Waals surface area contributed by atoms with Crippen molar-refractivity contribution in [2.24, 2.45) is 5.84 Å². The summed E-state index contributed by atoms with van der Waals surface area (Å²) in [6.07, 6.45) is 0.